The van der Waals surface area contributed by atoms with E-state index in [-0.39, 0.29) is 6.61 Å². The van der Waals surface area contributed by atoms with Gasteiger partial charge in [-0.2, -0.15) is 0 Å². The van der Waals surface area contributed by atoms with Crippen molar-refractivity contribution in [3.8, 4) is 0 Å². The number of ether oxygens (including phenoxy) is 2. The predicted molar refractivity (Wildman–Crippen MR) is 329 cm³/mol. The second kappa shape index (κ2) is 57.7. The lowest BCUT2D eigenvalue weighted by Crippen LogP contribution is -2.60. The first-order chi connectivity index (χ1) is 38.3. The monoisotopic (exact) mass is 1110 g/mol. The predicted octanol–water partition coefficient (Wildman–Crippen LogP) is 17.3. The second-order valence-corrected chi connectivity index (χ2v) is 24.5. The van der Waals surface area contributed by atoms with Crippen LogP contribution in [0.15, 0.2) is 12.2 Å². The van der Waals surface area contributed by atoms with Crippen LogP contribution < -0.4 is 5.32 Å². The summed E-state index contributed by atoms with van der Waals surface area (Å²) in [4.78, 5) is 13.2. The Balaban J connectivity index is 2.06. The molecule has 464 valence electrons. The molecule has 0 aromatic carbocycles. The highest BCUT2D eigenvalue weighted by molar-refractivity contribution is 5.80. The molecule has 0 aliphatic carbocycles. The number of allylic oxidation sites excluding steroid dienone is 2. The van der Waals surface area contributed by atoms with Crippen molar-refractivity contribution in [1.82, 2.24) is 5.32 Å². The summed E-state index contributed by atoms with van der Waals surface area (Å²) in [7, 11) is 0. The van der Waals surface area contributed by atoms with Crippen LogP contribution in [0.4, 0.5) is 0 Å². The SMILES string of the molecule is CCCCCCCCCCCCCCCCCCCC/C=C\CCCCCCCCCCCCCCCCCCC(O)C(=O)NC(COC1OC(CO)C(O)C(O)C1O)C(O)CCCCCCCCCCCCCCCCC. The van der Waals surface area contributed by atoms with Crippen LogP contribution in [0, 0.1) is 0 Å². The van der Waals surface area contributed by atoms with Gasteiger partial charge in [0.25, 0.3) is 0 Å². The summed E-state index contributed by atoms with van der Waals surface area (Å²) >= 11 is 0. The van der Waals surface area contributed by atoms with Crippen molar-refractivity contribution in [2.75, 3.05) is 13.2 Å². The van der Waals surface area contributed by atoms with E-state index in [0.717, 1.165) is 38.5 Å². The van der Waals surface area contributed by atoms with Crippen LogP contribution >= 0.6 is 0 Å². The smallest absolute Gasteiger partial charge is 0.249 e. The molecule has 8 atom stereocenters. The van der Waals surface area contributed by atoms with Crippen LogP contribution in [0.5, 0.6) is 0 Å². The maximum Gasteiger partial charge on any atom is 0.249 e. The zero-order chi connectivity index (χ0) is 56.6. The fraction of sp³-hybridized carbons (Fsp3) is 0.956. The number of hydrogen-bond donors (Lipinski definition) is 7. The molecule has 1 amide bonds. The number of aliphatic hydroxyl groups excluding tert-OH is 6. The van der Waals surface area contributed by atoms with Crippen molar-refractivity contribution >= 4 is 5.91 Å². The minimum Gasteiger partial charge on any atom is -0.394 e. The fourth-order valence-corrected chi connectivity index (χ4v) is 11.5. The molecule has 0 saturated carbocycles. The largest absolute Gasteiger partial charge is 0.394 e. The molecule has 1 rings (SSSR count). The molecule has 0 bridgehead atoms. The third-order valence-corrected chi connectivity index (χ3v) is 17.0. The molecule has 1 heterocycles. The fourth-order valence-electron chi connectivity index (χ4n) is 11.5. The highest BCUT2D eigenvalue weighted by atomic mass is 16.7. The normalized spacial score (nSPS) is 19.0. The highest BCUT2D eigenvalue weighted by Gasteiger charge is 2.44. The second-order valence-electron chi connectivity index (χ2n) is 24.5. The topological polar surface area (TPSA) is 169 Å². The van der Waals surface area contributed by atoms with Gasteiger partial charge in [0.1, 0.15) is 30.5 Å². The Bertz CT molecular complexity index is 1250. The first kappa shape index (κ1) is 74.9. The zero-order valence-electron chi connectivity index (χ0n) is 51.6. The molecule has 0 aromatic rings. The van der Waals surface area contributed by atoms with Crippen LogP contribution in [0.1, 0.15) is 354 Å². The molecule has 1 aliphatic rings. The number of carbonyl (C=O) groups is 1. The van der Waals surface area contributed by atoms with Crippen molar-refractivity contribution in [1.29, 1.82) is 0 Å². The minimum absolute atomic E-state index is 0.251. The van der Waals surface area contributed by atoms with E-state index in [9.17, 15) is 35.4 Å². The number of hydrogen-bond acceptors (Lipinski definition) is 9. The van der Waals surface area contributed by atoms with Gasteiger partial charge in [-0.15, -0.1) is 0 Å². The Morgan fingerprint density at radius 2 is 0.718 bits per heavy atom. The molecule has 8 unspecified atom stereocenters. The van der Waals surface area contributed by atoms with E-state index in [1.807, 2.05) is 0 Å². The maximum absolute atomic E-state index is 13.2. The number of aliphatic hydroxyl groups is 6. The van der Waals surface area contributed by atoms with Gasteiger partial charge in [-0.25, -0.2) is 0 Å². The van der Waals surface area contributed by atoms with E-state index < -0.39 is 61.5 Å². The molecule has 1 saturated heterocycles. The van der Waals surface area contributed by atoms with Crippen LogP contribution in [-0.2, 0) is 14.3 Å². The van der Waals surface area contributed by atoms with Gasteiger partial charge < -0.3 is 45.4 Å². The summed E-state index contributed by atoms with van der Waals surface area (Å²) < 4.78 is 11.3. The summed E-state index contributed by atoms with van der Waals surface area (Å²) in [6.07, 6.45) is 63.3. The molecule has 7 N–H and O–H groups in total. The van der Waals surface area contributed by atoms with Crippen LogP contribution in [0.25, 0.3) is 0 Å². The first-order valence-corrected chi connectivity index (χ1v) is 34.5. The summed E-state index contributed by atoms with van der Waals surface area (Å²) in [6, 6.07) is -0.892. The average molecular weight is 1110 g/mol. The average Bonchev–Trinajstić information content (AvgIpc) is 3.44. The Morgan fingerprint density at radius 3 is 1.04 bits per heavy atom. The molecule has 10 heteroatoms. The highest BCUT2D eigenvalue weighted by Crippen LogP contribution is 2.24. The van der Waals surface area contributed by atoms with Gasteiger partial charge >= 0.3 is 0 Å². The standard InChI is InChI=1S/C68H133NO9/c1-3-5-7-9-11-13-15-17-19-20-21-22-23-24-25-26-27-28-29-30-31-32-33-34-35-36-37-38-39-40-41-43-45-47-49-51-53-55-57-62(72)67(76)69-60(59-77-68-66(75)65(74)64(73)63(58-70)78-68)61(71)56-54-52-50-48-46-44-42-18-16-14-12-10-8-6-4-2/h30-31,60-66,68,70-75H,3-29,32-59H2,1-2H3,(H,69,76)/b31-30-. The zero-order valence-corrected chi connectivity index (χ0v) is 51.6. The Kier molecular flexibility index (Phi) is 55.4. The molecule has 0 radical (unpaired) electrons. The van der Waals surface area contributed by atoms with Crippen molar-refractivity contribution in [2.24, 2.45) is 0 Å². The van der Waals surface area contributed by atoms with Crippen molar-refractivity contribution in [3.63, 3.8) is 0 Å². The summed E-state index contributed by atoms with van der Waals surface area (Å²) in [6.45, 7) is 3.72. The molecular formula is C68H133NO9. The lowest BCUT2D eigenvalue weighted by molar-refractivity contribution is -0.302. The minimum atomic E-state index is -1.60. The summed E-state index contributed by atoms with van der Waals surface area (Å²) in [5.74, 6) is -0.577. The maximum atomic E-state index is 13.2. The van der Waals surface area contributed by atoms with E-state index >= 15 is 0 Å². The van der Waals surface area contributed by atoms with Gasteiger partial charge in [0.2, 0.25) is 5.91 Å². The lowest BCUT2D eigenvalue weighted by Gasteiger charge is -2.40. The van der Waals surface area contributed by atoms with Gasteiger partial charge in [-0.1, -0.05) is 328 Å². The molecule has 0 aromatic heterocycles. The molecule has 1 aliphatic heterocycles. The quantitative estimate of drug-likeness (QED) is 0.0232. The number of carbonyl (C=O) groups excluding carboxylic acids is 1. The number of nitrogens with one attached hydrogen (secondary N) is 1. The van der Waals surface area contributed by atoms with Gasteiger partial charge in [-0.3, -0.25) is 4.79 Å². The number of unbranched alkanes of at least 4 members (excludes halogenated alkanes) is 48. The van der Waals surface area contributed by atoms with E-state index in [4.69, 9.17) is 9.47 Å². The Morgan fingerprint density at radius 1 is 0.423 bits per heavy atom. The third kappa shape index (κ3) is 45.4. The first-order valence-electron chi connectivity index (χ1n) is 34.5. The van der Waals surface area contributed by atoms with Crippen molar-refractivity contribution in [2.45, 2.75) is 403 Å². The third-order valence-electron chi connectivity index (χ3n) is 17.0. The number of amides is 1. The van der Waals surface area contributed by atoms with E-state index in [0.29, 0.717) is 12.8 Å². The Hall–Kier alpha value is -1.11. The van der Waals surface area contributed by atoms with Gasteiger partial charge in [0, 0.05) is 0 Å². The van der Waals surface area contributed by atoms with Gasteiger partial charge in [0.15, 0.2) is 6.29 Å². The van der Waals surface area contributed by atoms with Gasteiger partial charge in [0.05, 0.1) is 25.4 Å². The Labute approximate surface area is 482 Å². The molecule has 78 heavy (non-hydrogen) atoms. The summed E-state index contributed by atoms with van der Waals surface area (Å²) in [5, 5.41) is 65.4. The van der Waals surface area contributed by atoms with E-state index in [2.05, 4.69) is 31.3 Å². The lowest BCUT2D eigenvalue weighted by atomic mass is 9.99. The molecular weight excluding hydrogens is 975 g/mol. The molecule has 0 spiro atoms. The summed E-state index contributed by atoms with van der Waals surface area (Å²) in [5.41, 5.74) is 0. The van der Waals surface area contributed by atoms with Crippen molar-refractivity contribution in [3.05, 3.63) is 12.2 Å². The van der Waals surface area contributed by atoms with Gasteiger partial charge in [-0.05, 0) is 38.5 Å². The molecule has 1 fully saturated rings. The van der Waals surface area contributed by atoms with E-state index in [1.54, 1.807) is 0 Å². The van der Waals surface area contributed by atoms with Crippen molar-refractivity contribution < 1.29 is 44.9 Å². The van der Waals surface area contributed by atoms with Crippen LogP contribution in [-0.4, -0.2) is 98.7 Å². The number of rotatable bonds is 61. The molecule has 10 nitrogen and oxygen atoms in total. The van der Waals surface area contributed by atoms with Crippen LogP contribution in [0.3, 0.4) is 0 Å². The van der Waals surface area contributed by atoms with E-state index in [1.165, 1.54) is 289 Å². The van der Waals surface area contributed by atoms with Crippen LogP contribution in [0.2, 0.25) is 0 Å².